The predicted molar refractivity (Wildman–Crippen MR) is 77.1 cm³/mol. The molecule has 0 amide bonds. The summed E-state index contributed by atoms with van der Waals surface area (Å²) in [6.45, 7) is 8.83. The standard InChI is InChI=1S/C15H25NOS/c1-11-5-7-15(17,8-6-11)9-13-16-12(10-18-13)14(2,3)4/h10-11,17H,5-9H2,1-4H3. The monoisotopic (exact) mass is 267 g/mol. The van der Waals surface area contributed by atoms with Crippen LogP contribution >= 0.6 is 11.3 Å². The Hall–Kier alpha value is -0.410. The van der Waals surface area contributed by atoms with Crippen LogP contribution in [0.15, 0.2) is 5.38 Å². The number of nitrogens with zero attached hydrogens (tertiary/aromatic N) is 1. The van der Waals surface area contributed by atoms with Crippen LogP contribution in [0.2, 0.25) is 0 Å². The van der Waals surface area contributed by atoms with E-state index in [-0.39, 0.29) is 5.41 Å². The van der Waals surface area contributed by atoms with Gasteiger partial charge in [-0.1, -0.05) is 27.7 Å². The summed E-state index contributed by atoms with van der Waals surface area (Å²) in [6.07, 6.45) is 4.89. The summed E-state index contributed by atoms with van der Waals surface area (Å²) in [6, 6.07) is 0. The van der Waals surface area contributed by atoms with Crippen LogP contribution in [-0.2, 0) is 11.8 Å². The van der Waals surface area contributed by atoms with Gasteiger partial charge < -0.3 is 5.11 Å². The predicted octanol–water partition coefficient (Wildman–Crippen LogP) is 3.92. The Morgan fingerprint density at radius 1 is 1.39 bits per heavy atom. The Morgan fingerprint density at radius 2 is 2.00 bits per heavy atom. The van der Waals surface area contributed by atoms with Gasteiger partial charge in [0.1, 0.15) is 0 Å². The second-order valence-corrected chi connectivity index (χ2v) is 7.90. The second kappa shape index (κ2) is 4.93. The molecule has 1 saturated carbocycles. The number of aromatic nitrogens is 1. The zero-order valence-corrected chi connectivity index (χ0v) is 12.8. The third-order valence-corrected chi connectivity index (χ3v) is 4.85. The van der Waals surface area contributed by atoms with Gasteiger partial charge in [-0.15, -0.1) is 11.3 Å². The average molecular weight is 267 g/mol. The van der Waals surface area contributed by atoms with Crippen LogP contribution in [-0.4, -0.2) is 15.7 Å². The van der Waals surface area contributed by atoms with E-state index in [1.165, 1.54) is 0 Å². The molecule has 1 aromatic heterocycles. The van der Waals surface area contributed by atoms with Gasteiger partial charge in [-0.3, -0.25) is 0 Å². The SMILES string of the molecule is CC1CCC(O)(Cc2nc(C(C)(C)C)cs2)CC1. The summed E-state index contributed by atoms with van der Waals surface area (Å²) in [5, 5.41) is 13.9. The molecule has 102 valence electrons. The Labute approximate surface area is 114 Å². The maximum absolute atomic E-state index is 10.6. The van der Waals surface area contributed by atoms with Gasteiger partial charge in [-0.25, -0.2) is 4.98 Å². The summed E-state index contributed by atoms with van der Waals surface area (Å²) in [4.78, 5) is 4.70. The second-order valence-electron chi connectivity index (χ2n) is 6.96. The van der Waals surface area contributed by atoms with E-state index in [4.69, 9.17) is 4.98 Å². The molecule has 0 radical (unpaired) electrons. The molecule has 0 saturated heterocycles. The van der Waals surface area contributed by atoms with Gasteiger partial charge in [-0.05, 0) is 31.6 Å². The zero-order valence-electron chi connectivity index (χ0n) is 12.0. The molecule has 1 N–H and O–H groups in total. The molecule has 2 nitrogen and oxygen atoms in total. The van der Waals surface area contributed by atoms with Gasteiger partial charge >= 0.3 is 0 Å². The zero-order chi connectivity index (χ0) is 13.4. The summed E-state index contributed by atoms with van der Waals surface area (Å²) in [5.41, 5.74) is 0.757. The van der Waals surface area contributed by atoms with Crippen molar-refractivity contribution < 1.29 is 5.11 Å². The van der Waals surface area contributed by atoms with Crippen molar-refractivity contribution in [2.45, 2.75) is 70.8 Å². The molecule has 1 aliphatic carbocycles. The van der Waals surface area contributed by atoms with Crippen LogP contribution in [0.5, 0.6) is 0 Å². The topological polar surface area (TPSA) is 33.1 Å². The quantitative estimate of drug-likeness (QED) is 0.881. The first-order chi connectivity index (χ1) is 8.28. The third kappa shape index (κ3) is 3.33. The van der Waals surface area contributed by atoms with Gasteiger partial charge in [-0.2, -0.15) is 0 Å². The van der Waals surface area contributed by atoms with E-state index in [1.807, 2.05) is 0 Å². The molecule has 1 heterocycles. The lowest BCUT2D eigenvalue weighted by atomic mass is 9.78. The Kier molecular flexibility index (Phi) is 3.84. The minimum absolute atomic E-state index is 0.110. The van der Waals surface area contributed by atoms with Gasteiger partial charge in [0.25, 0.3) is 0 Å². The molecule has 18 heavy (non-hydrogen) atoms. The Balaban J connectivity index is 2.03. The van der Waals surface area contributed by atoms with E-state index in [0.717, 1.165) is 48.7 Å². The number of hydrogen-bond acceptors (Lipinski definition) is 3. The van der Waals surface area contributed by atoms with Gasteiger partial charge in [0.2, 0.25) is 0 Å². The molecular weight excluding hydrogens is 242 g/mol. The van der Waals surface area contributed by atoms with Gasteiger partial charge in [0, 0.05) is 17.2 Å². The van der Waals surface area contributed by atoms with Gasteiger partial charge in [0.15, 0.2) is 0 Å². The molecular formula is C15H25NOS. The number of hydrogen-bond donors (Lipinski definition) is 1. The van der Waals surface area contributed by atoms with Crippen LogP contribution in [0, 0.1) is 5.92 Å². The van der Waals surface area contributed by atoms with Crippen molar-refractivity contribution >= 4 is 11.3 Å². The molecule has 0 unspecified atom stereocenters. The molecule has 0 atom stereocenters. The molecule has 0 spiro atoms. The number of aliphatic hydroxyl groups is 1. The Morgan fingerprint density at radius 3 is 2.50 bits per heavy atom. The first-order valence-corrected chi connectivity index (χ1v) is 7.84. The van der Waals surface area contributed by atoms with Crippen molar-refractivity contribution in [1.29, 1.82) is 0 Å². The molecule has 0 aliphatic heterocycles. The van der Waals surface area contributed by atoms with Crippen LogP contribution in [0.25, 0.3) is 0 Å². The lowest BCUT2D eigenvalue weighted by Crippen LogP contribution is -2.35. The fraction of sp³-hybridized carbons (Fsp3) is 0.800. The van der Waals surface area contributed by atoms with Crippen LogP contribution in [0.3, 0.4) is 0 Å². The molecule has 1 aliphatic rings. The fourth-order valence-corrected chi connectivity index (χ4v) is 3.65. The highest BCUT2D eigenvalue weighted by molar-refractivity contribution is 7.09. The van der Waals surface area contributed by atoms with Crippen molar-refractivity contribution in [3.8, 4) is 0 Å². The summed E-state index contributed by atoms with van der Waals surface area (Å²) in [7, 11) is 0. The molecule has 1 fully saturated rings. The first kappa shape index (κ1) is 14.0. The first-order valence-electron chi connectivity index (χ1n) is 6.96. The van der Waals surface area contributed by atoms with Crippen molar-refractivity contribution in [1.82, 2.24) is 4.98 Å². The summed E-state index contributed by atoms with van der Waals surface area (Å²) >= 11 is 1.70. The van der Waals surface area contributed by atoms with Crippen LogP contribution < -0.4 is 0 Å². The summed E-state index contributed by atoms with van der Waals surface area (Å²) in [5.74, 6) is 0.770. The smallest absolute Gasteiger partial charge is 0.0957 e. The van der Waals surface area contributed by atoms with E-state index < -0.39 is 5.60 Å². The number of thiazole rings is 1. The Bertz CT molecular complexity index is 397. The highest BCUT2D eigenvalue weighted by atomic mass is 32.1. The van der Waals surface area contributed by atoms with E-state index in [2.05, 4.69) is 33.1 Å². The van der Waals surface area contributed by atoms with Gasteiger partial charge in [0.05, 0.1) is 16.3 Å². The van der Waals surface area contributed by atoms with E-state index in [9.17, 15) is 5.11 Å². The molecule has 0 aromatic carbocycles. The average Bonchev–Trinajstić information content (AvgIpc) is 2.71. The van der Waals surface area contributed by atoms with Crippen molar-refractivity contribution in [2.24, 2.45) is 5.92 Å². The van der Waals surface area contributed by atoms with Crippen molar-refractivity contribution in [3.05, 3.63) is 16.1 Å². The minimum Gasteiger partial charge on any atom is -0.389 e. The highest BCUT2D eigenvalue weighted by Crippen LogP contribution is 2.35. The lowest BCUT2D eigenvalue weighted by molar-refractivity contribution is -0.00674. The van der Waals surface area contributed by atoms with Crippen LogP contribution in [0.4, 0.5) is 0 Å². The number of rotatable bonds is 2. The molecule has 3 heteroatoms. The maximum Gasteiger partial charge on any atom is 0.0957 e. The summed E-state index contributed by atoms with van der Waals surface area (Å²) < 4.78 is 0. The molecule has 2 rings (SSSR count). The fourth-order valence-electron chi connectivity index (χ4n) is 2.49. The van der Waals surface area contributed by atoms with E-state index >= 15 is 0 Å². The minimum atomic E-state index is -0.500. The van der Waals surface area contributed by atoms with Crippen LogP contribution in [0.1, 0.15) is 64.1 Å². The maximum atomic E-state index is 10.6. The molecule has 1 aromatic rings. The lowest BCUT2D eigenvalue weighted by Gasteiger charge is -2.34. The normalized spacial score (nSPS) is 29.5. The van der Waals surface area contributed by atoms with Crippen molar-refractivity contribution in [2.75, 3.05) is 0 Å². The molecule has 0 bridgehead atoms. The third-order valence-electron chi connectivity index (χ3n) is 4.01. The largest absolute Gasteiger partial charge is 0.389 e. The van der Waals surface area contributed by atoms with E-state index in [0.29, 0.717) is 0 Å². The van der Waals surface area contributed by atoms with E-state index in [1.54, 1.807) is 11.3 Å². The van der Waals surface area contributed by atoms with Crippen molar-refractivity contribution in [3.63, 3.8) is 0 Å². The highest BCUT2D eigenvalue weighted by Gasteiger charge is 2.33.